The number of aryl methyl sites for hydroxylation is 1. The Bertz CT molecular complexity index is 915. The van der Waals surface area contributed by atoms with Gasteiger partial charge in [0.2, 0.25) is 0 Å². The molecule has 0 saturated carbocycles. The molecule has 3 heterocycles. The number of carbonyl (C=O) groups excluding carboxylic acids is 1. The second-order valence-corrected chi connectivity index (χ2v) is 9.87. The fourth-order valence-corrected chi connectivity index (χ4v) is 5.69. The maximum Gasteiger partial charge on any atom is 0.277 e. The van der Waals surface area contributed by atoms with Crippen molar-refractivity contribution in [2.75, 3.05) is 5.75 Å². The molecule has 0 bridgehead atoms. The predicted octanol–water partition coefficient (Wildman–Crippen LogP) is 5.61. The second-order valence-electron chi connectivity index (χ2n) is 6.10. The van der Waals surface area contributed by atoms with Gasteiger partial charge in [0.05, 0.1) is 19.8 Å². The maximum atomic E-state index is 12.1. The zero-order valence-electron chi connectivity index (χ0n) is 13.5. The van der Waals surface area contributed by atoms with E-state index in [1.54, 1.807) is 23.5 Å². The number of nitrogens with zero attached hydrogens (tertiary/aromatic N) is 2. The summed E-state index contributed by atoms with van der Waals surface area (Å²) < 4.78 is 6.36. The van der Waals surface area contributed by atoms with Gasteiger partial charge in [-0.15, -0.1) is 32.9 Å². The molecule has 3 aromatic rings. The van der Waals surface area contributed by atoms with Crippen molar-refractivity contribution in [1.29, 1.82) is 0 Å². The molecule has 0 spiro atoms. The molecule has 0 unspecified atom stereocenters. The summed E-state index contributed by atoms with van der Waals surface area (Å²) in [5, 5.41) is 8.63. The summed E-state index contributed by atoms with van der Waals surface area (Å²) in [6.45, 7) is 2.29. The quantitative estimate of drug-likeness (QED) is 0.404. The predicted molar refractivity (Wildman–Crippen MR) is 103 cm³/mol. The van der Waals surface area contributed by atoms with Gasteiger partial charge in [0, 0.05) is 4.88 Å². The first-order valence-electron chi connectivity index (χ1n) is 7.95. The molecule has 4 rings (SSSR count). The third kappa shape index (κ3) is 3.84. The second kappa shape index (κ2) is 7.23. The number of thioether (sulfide) groups is 1. The first-order valence-corrected chi connectivity index (χ1v) is 10.9. The summed E-state index contributed by atoms with van der Waals surface area (Å²) in [6, 6.07) is 5.65. The fraction of sp³-hybridized carbons (Fsp3) is 0.353. The molecule has 0 aliphatic heterocycles. The van der Waals surface area contributed by atoms with Gasteiger partial charge in [-0.2, -0.15) is 0 Å². The van der Waals surface area contributed by atoms with E-state index in [4.69, 9.17) is 16.0 Å². The van der Waals surface area contributed by atoms with E-state index >= 15 is 0 Å². The molecule has 1 aliphatic carbocycles. The van der Waals surface area contributed by atoms with E-state index in [9.17, 15) is 4.79 Å². The van der Waals surface area contributed by atoms with Gasteiger partial charge >= 0.3 is 0 Å². The summed E-state index contributed by atoms with van der Waals surface area (Å²) in [4.78, 5) is 15.2. The number of thiophene rings is 2. The molecule has 25 heavy (non-hydrogen) atoms. The van der Waals surface area contributed by atoms with Crippen molar-refractivity contribution in [3.05, 3.63) is 37.9 Å². The number of carbonyl (C=O) groups is 1. The Morgan fingerprint density at radius 2 is 2.28 bits per heavy atom. The number of halogens is 1. The number of aromatic nitrogens is 2. The van der Waals surface area contributed by atoms with Gasteiger partial charge in [-0.05, 0) is 48.9 Å². The van der Waals surface area contributed by atoms with E-state index < -0.39 is 0 Å². The number of rotatable bonds is 5. The Hall–Kier alpha value is -1.15. The average Bonchev–Trinajstić information content (AvgIpc) is 3.30. The fourth-order valence-electron chi connectivity index (χ4n) is 2.84. The topological polar surface area (TPSA) is 56.0 Å². The molecule has 1 aliphatic rings. The van der Waals surface area contributed by atoms with Gasteiger partial charge in [-0.1, -0.05) is 30.3 Å². The summed E-state index contributed by atoms with van der Waals surface area (Å²) >= 11 is 10.2. The van der Waals surface area contributed by atoms with Crippen LogP contribution in [0.15, 0.2) is 27.8 Å². The molecular weight excluding hydrogens is 396 g/mol. The minimum absolute atomic E-state index is 0.0159. The lowest BCUT2D eigenvalue weighted by atomic mass is 9.90. The lowest BCUT2D eigenvalue weighted by Crippen LogP contribution is -2.07. The third-order valence-corrected chi connectivity index (χ3v) is 7.44. The lowest BCUT2D eigenvalue weighted by Gasteiger charge is -2.16. The van der Waals surface area contributed by atoms with Crippen LogP contribution in [0.1, 0.15) is 33.5 Å². The molecule has 1 atom stereocenters. The van der Waals surface area contributed by atoms with Crippen molar-refractivity contribution in [3.8, 4) is 10.8 Å². The largest absolute Gasteiger partial charge is 0.410 e. The lowest BCUT2D eigenvalue weighted by molar-refractivity contribution is 0.102. The Morgan fingerprint density at radius 3 is 3.08 bits per heavy atom. The van der Waals surface area contributed by atoms with Crippen LogP contribution in [0.5, 0.6) is 0 Å². The van der Waals surface area contributed by atoms with E-state index in [0.717, 1.165) is 23.6 Å². The Kier molecular flexibility index (Phi) is 4.99. The van der Waals surface area contributed by atoms with Crippen LogP contribution in [0.3, 0.4) is 0 Å². The van der Waals surface area contributed by atoms with Gasteiger partial charge in [-0.25, -0.2) is 0 Å². The molecule has 3 aromatic heterocycles. The highest BCUT2D eigenvalue weighted by Crippen LogP contribution is 2.37. The van der Waals surface area contributed by atoms with Crippen molar-refractivity contribution >= 4 is 51.8 Å². The van der Waals surface area contributed by atoms with Crippen LogP contribution in [0.2, 0.25) is 4.34 Å². The van der Waals surface area contributed by atoms with Crippen LogP contribution in [0.4, 0.5) is 0 Å². The number of ketones is 1. The summed E-state index contributed by atoms with van der Waals surface area (Å²) in [5.74, 6) is 1.56. The van der Waals surface area contributed by atoms with Gasteiger partial charge in [0.15, 0.2) is 5.78 Å². The number of fused-ring (bicyclic) bond motifs is 1. The smallest absolute Gasteiger partial charge is 0.277 e. The van der Waals surface area contributed by atoms with Crippen molar-refractivity contribution in [2.24, 2.45) is 5.92 Å². The van der Waals surface area contributed by atoms with Crippen molar-refractivity contribution < 1.29 is 9.21 Å². The highest BCUT2D eigenvalue weighted by molar-refractivity contribution is 7.99. The molecule has 0 amide bonds. The van der Waals surface area contributed by atoms with Gasteiger partial charge in [-0.3, -0.25) is 4.79 Å². The first-order chi connectivity index (χ1) is 12.1. The zero-order valence-corrected chi connectivity index (χ0v) is 16.7. The highest BCUT2D eigenvalue weighted by atomic mass is 35.5. The minimum Gasteiger partial charge on any atom is -0.410 e. The molecule has 0 aromatic carbocycles. The van der Waals surface area contributed by atoms with E-state index in [-0.39, 0.29) is 11.5 Å². The summed E-state index contributed by atoms with van der Waals surface area (Å²) in [7, 11) is 0. The van der Waals surface area contributed by atoms with E-state index in [1.165, 1.54) is 40.0 Å². The van der Waals surface area contributed by atoms with Gasteiger partial charge in [0.25, 0.3) is 11.1 Å². The number of Topliss-reactive ketones (excluding diaryl/α,β-unsaturated/α-hetero) is 1. The molecule has 0 radical (unpaired) electrons. The SMILES string of the molecule is C[C@@H]1CCc2sc(-c3nnc(SCC(=O)c4ccc(Cl)s4)o3)cc2C1. The van der Waals surface area contributed by atoms with Crippen LogP contribution >= 0.6 is 46.0 Å². The molecule has 0 fully saturated rings. The van der Waals surface area contributed by atoms with Crippen LogP contribution in [-0.2, 0) is 12.8 Å². The standard InChI is InChI=1S/C17H15ClN2O2S3/c1-9-2-3-12-10(6-9)7-14(24-12)16-19-20-17(22-16)23-8-11(21)13-4-5-15(18)25-13/h4-5,7,9H,2-3,6,8H2,1H3/t9-/m1/s1. The van der Waals surface area contributed by atoms with Crippen molar-refractivity contribution in [1.82, 2.24) is 10.2 Å². The van der Waals surface area contributed by atoms with E-state index in [1.807, 2.05) is 0 Å². The number of hydrogen-bond acceptors (Lipinski definition) is 7. The Morgan fingerprint density at radius 1 is 1.40 bits per heavy atom. The zero-order chi connectivity index (χ0) is 17.4. The van der Waals surface area contributed by atoms with Crippen LogP contribution in [0, 0.1) is 5.92 Å². The normalized spacial score (nSPS) is 16.8. The Labute approximate surface area is 162 Å². The molecule has 0 saturated heterocycles. The highest BCUT2D eigenvalue weighted by Gasteiger charge is 2.21. The van der Waals surface area contributed by atoms with Crippen LogP contribution in [0.25, 0.3) is 10.8 Å². The van der Waals surface area contributed by atoms with E-state index in [0.29, 0.717) is 20.3 Å². The monoisotopic (exact) mass is 410 g/mol. The summed E-state index contributed by atoms with van der Waals surface area (Å²) in [5.41, 5.74) is 1.41. The van der Waals surface area contributed by atoms with Crippen LogP contribution in [-0.4, -0.2) is 21.7 Å². The summed E-state index contributed by atoms with van der Waals surface area (Å²) in [6.07, 6.45) is 3.50. The molecule has 0 N–H and O–H groups in total. The third-order valence-electron chi connectivity index (χ3n) is 4.12. The first kappa shape index (κ1) is 17.3. The minimum atomic E-state index is 0.0159. The maximum absolute atomic E-state index is 12.1. The van der Waals surface area contributed by atoms with Crippen molar-refractivity contribution in [3.63, 3.8) is 0 Å². The van der Waals surface area contributed by atoms with Crippen molar-refractivity contribution in [2.45, 2.75) is 31.4 Å². The van der Waals surface area contributed by atoms with Gasteiger partial charge < -0.3 is 4.42 Å². The average molecular weight is 411 g/mol. The molecule has 8 heteroatoms. The number of hydrogen-bond donors (Lipinski definition) is 0. The molecule has 4 nitrogen and oxygen atoms in total. The van der Waals surface area contributed by atoms with E-state index in [2.05, 4.69) is 23.2 Å². The van der Waals surface area contributed by atoms with Gasteiger partial charge in [0.1, 0.15) is 0 Å². The van der Waals surface area contributed by atoms with Crippen LogP contribution < -0.4 is 0 Å². The Balaban J connectivity index is 1.43. The molecule has 130 valence electrons. The molecular formula is C17H15ClN2O2S3.